The predicted molar refractivity (Wildman–Crippen MR) is 207 cm³/mol. The van der Waals surface area contributed by atoms with Crippen molar-refractivity contribution < 1.29 is 42.9 Å². The van der Waals surface area contributed by atoms with Gasteiger partial charge in [-0.05, 0) is 79.3 Å². The van der Waals surface area contributed by atoms with Gasteiger partial charge in [0.2, 0.25) is 17.0 Å². The molecule has 2 aliphatic rings. The van der Waals surface area contributed by atoms with Crippen molar-refractivity contribution >= 4 is 17.9 Å². The maximum atomic E-state index is 16.1. The molecule has 3 aromatic carbocycles. The summed E-state index contributed by atoms with van der Waals surface area (Å²) < 4.78 is 48.3. The molecular formula is C43H55F3N4O6. The summed E-state index contributed by atoms with van der Waals surface area (Å²) in [5, 5.41) is 38.9. The molecule has 3 unspecified atom stereocenters. The van der Waals surface area contributed by atoms with E-state index < -0.39 is 52.7 Å². The van der Waals surface area contributed by atoms with Crippen LogP contribution in [0.2, 0.25) is 0 Å². The van der Waals surface area contributed by atoms with E-state index in [0.717, 1.165) is 16.7 Å². The average Bonchev–Trinajstić information content (AvgIpc) is 3.91. The van der Waals surface area contributed by atoms with Crippen molar-refractivity contribution in [2.45, 2.75) is 82.1 Å². The van der Waals surface area contributed by atoms with Gasteiger partial charge in [-0.2, -0.15) is 0 Å². The smallest absolute Gasteiger partial charge is 0.342 e. The zero-order valence-electron chi connectivity index (χ0n) is 32.2. The Kier molecular flexibility index (Phi) is 14.4. The van der Waals surface area contributed by atoms with Crippen LogP contribution in [0.25, 0.3) is 0 Å². The molecule has 0 radical (unpaired) electrons. The van der Waals surface area contributed by atoms with Crippen LogP contribution in [-0.4, -0.2) is 94.9 Å². The second-order valence-corrected chi connectivity index (χ2v) is 15.8. The molecule has 0 amide bonds. The first-order valence-corrected chi connectivity index (χ1v) is 19.4. The van der Waals surface area contributed by atoms with Gasteiger partial charge >= 0.3 is 17.9 Å². The van der Waals surface area contributed by atoms with E-state index in [1.54, 1.807) is 68.6 Å². The van der Waals surface area contributed by atoms with Crippen LogP contribution >= 0.6 is 0 Å². The van der Waals surface area contributed by atoms with E-state index >= 15 is 13.2 Å². The van der Waals surface area contributed by atoms with Crippen LogP contribution in [-0.2, 0) is 53.3 Å². The van der Waals surface area contributed by atoms with Gasteiger partial charge in [0.15, 0.2) is 0 Å². The minimum Gasteiger partial charge on any atom is -0.479 e. The van der Waals surface area contributed by atoms with Gasteiger partial charge in [0.05, 0.1) is 0 Å². The van der Waals surface area contributed by atoms with Crippen LogP contribution in [0.4, 0.5) is 13.2 Å². The summed E-state index contributed by atoms with van der Waals surface area (Å²) >= 11 is 0. The lowest BCUT2D eigenvalue weighted by atomic mass is 9.82. The molecule has 0 aliphatic carbocycles. The summed E-state index contributed by atoms with van der Waals surface area (Å²) in [5.41, 5.74) is -3.39. The minimum atomic E-state index is -2.48. The Labute approximate surface area is 326 Å². The number of aliphatic carboxylic acids is 3. The van der Waals surface area contributed by atoms with Gasteiger partial charge in [0.1, 0.15) is 0 Å². The topological polar surface area (TPSA) is 151 Å². The van der Waals surface area contributed by atoms with Gasteiger partial charge < -0.3 is 31.3 Å². The molecule has 6 N–H and O–H groups in total. The number of rotatable bonds is 21. The second kappa shape index (κ2) is 18.8. The Balaban J connectivity index is 1.42. The van der Waals surface area contributed by atoms with Crippen molar-refractivity contribution in [1.29, 1.82) is 0 Å². The number of benzene rings is 3. The molecule has 3 aromatic rings. The first kappa shape index (κ1) is 42.8. The Morgan fingerprint density at radius 2 is 1.09 bits per heavy atom. The maximum absolute atomic E-state index is 16.1. The van der Waals surface area contributed by atoms with Gasteiger partial charge in [-0.15, -0.1) is 0 Å². The highest BCUT2D eigenvalue weighted by molar-refractivity contribution is 5.79. The molecule has 2 heterocycles. The number of alkyl halides is 3. The lowest BCUT2D eigenvalue weighted by molar-refractivity contribution is -0.155. The Morgan fingerprint density at radius 1 is 0.696 bits per heavy atom. The molecule has 6 atom stereocenters. The van der Waals surface area contributed by atoms with Gasteiger partial charge in [-0.1, -0.05) is 79.7 Å². The average molecular weight is 781 g/mol. The first-order chi connectivity index (χ1) is 26.7. The second-order valence-electron chi connectivity index (χ2n) is 15.8. The number of carbonyl (C=O) groups is 3. The van der Waals surface area contributed by atoms with Gasteiger partial charge in [-0.25, -0.2) is 27.6 Å². The number of hydrogen-bond donors (Lipinski definition) is 6. The van der Waals surface area contributed by atoms with E-state index in [4.69, 9.17) is 0 Å². The minimum absolute atomic E-state index is 0.285. The molecule has 13 heteroatoms. The van der Waals surface area contributed by atoms with Crippen molar-refractivity contribution in [2.75, 3.05) is 39.8 Å². The molecular weight excluding hydrogens is 725 g/mol. The molecule has 56 heavy (non-hydrogen) atoms. The highest BCUT2D eigenvalue weighted by atomic mass is 19.2. The molecule has 5 rings (SSSR count). The predicted octanol–water partition coefficient (Wildman–Crippen LogP) is 5.36. The van der Waals surface area contributed by atoms with Crippen LogP contribution in [0.15, 0.2) is 72.8 Å². The molecule has 10 nitrogen and oxygen atoms in total. The van der Waals surface area contributed by atoms with E-state index in [1.807, 2.05) is 18.2 Å². The molecule has 2 fully saturated rings. The quantitative estimate of drug-likeness (QED) is 0.0835. The first-order valence-electron chi connectivity index (χ1n) is 19.4. The van der Waals surface area contributed by atoms with Crippen LogP contribution in [0.1, 0.15) is 59.6 Å². The van der Waals surface area contributed by atoms with Gasteiger partial charge in [-0.3, -0.25) is 4.90 Å². The van der Waals surface area contributed by atoms with E-state index in [2.05, 4.69) is 20.9 Å². The van der Waals surface area contributed by atoms with Crippen LogP contribution in [0, 0.1) is 17.8 Å². The lowest BCUT2D eigenvalue weighted by Crippen LogP contribution is -2.44. The van der Waals surface area contributed by atoms with Crippen molar-refractivity contribution in [2.24, 2.45) is 17.8 Å². The third kappa shape index (κ3) is 10.4. The van der Waals surface area contributed by atoms with E-state index in [-0.39, 0.29) is 32.4 Å². The fraction of sp³-hybridized carbons (Fsp3) is 0.512. The van der Waals surface area contributed by atoms with Crippen molar-refractivity contribution in [3.05, 3.63) is 106 Å². The number of nitrogens with one attached hydrogen (secondary N) is 3. The summed E-state index contributed by atoms with van der Waals surface area (Å²) in [6.07, 6.45) is 0.283. The summed E-state index contributed by atoms with van der Waals surface area (Å²) in [4.78, 5) is 38.7. The fourth-order valence-electron chi connectivity index (χ4n) is 8.28. The molecule has 2 aliphatic heterocycles. The number of halogens is 3. The Hall–Kier alpha value is -4.30. The van der Waals surface area contributed by atoms with Crippen molar-refractivity contribution in [3.63, 3.8) is 0 Å². The SMILES string of the molecule is CNCC[C@@H](C)C(F)(Cc1cccc(CN(Cc2cccc(CC(F)(C(=O)O)[C@H]3CCNC3)c2)Cc2cccc(CC(F)(C(=O)O)[C@H]3CCNC3)c2)c1)C(=O)O. The van der Waals surface area contributed by atoms with Crippen molar-refractivity contribution in [3.8, 4) is 0 Å². The number of carboxylic acid groups (broad SMARTS) is 3. The Morgan fingerprint density at radius 3 is 1.43 bits per heavy atom. The van der Waals surface area contributed by atoms with Crippen LogP contribution < -0.4 is 16.0 Å². The summed E-state index contributed by atoms with van der Waals surface area (Å²) in [5.74, 6) is -6.57. The molecule has 0 saturated carbocycles. The van der Waals surface area contributed by atoms with Crippen molar-refractivity contribution in [1.82, 2.24) is 20.9 Å². The largest absolute Gasteiger partial charge is 0.479 e. The summed E-state index contributed by atoms with van der Waals surface area (Å²) in [6.45, 7) is 4.74. The molecule has 0 spiro atoms. The number of carboxylic acids is 3. The third-order valence-electron chi connectivity index (χ3n) is 11.7. The molecule has 304 valence electrons. The standard InChI is InChI=1S/C43H55F3N4O6/c1-29(12-15-47-2)41(44,38(51)52)21-30-6-3-9-33(18-30)26-50(27-34-10-4-7-31(19-34)22-42(45,39(53)54)36-13-16-48-24-36)28-35-11-5-8-32(20-35)23-43(46,40(55)56)37-14-17-49-25-37/h3-11,18-20,29,36-37,47-49H,12-17,21-28H2,1-2H3,(H,51,52)(H,53,54)(H,55,56)/t29-,36+,37+,41?,42?,43?/m1/s1. The molecule has 0 aromatic heterocycles. The molecule has 2 saturated heterocycles. The summed E-state index contributed by atoms with van der Waals surface area (Å²) in [6, 6.07) is 21.5. The molecule has 0 bridgehead atoms. The fourth-order valence-corrected chi connectivity index (χ4v) is 8.28. The zero-order valence-corrected chi connectivity index (χ0v) is 32.2. The van der Waals surface area contributed by atoms with Gasteiger partial charge in [0.25, 0.3) is 0 Å². The lowest BCUT2D eigenvalue weighted by Gasteiger charge is -2.28. The Bertz CT molecular complexity index is 1730. The summed E-state index contributed by atoms with van der Waals surface area (Å²) in [7, 11) is 1.73. The maximum Gasteiger partial charge on any atom is 0.342 e. The van der Waals surface area contributed by atoms with E-state index in [0.29, 0.717) is 75.2 Å². The number of nitrogens with zero attached hydrogens (tertiary/aromatic N) is 1. The van der Waals surface area contributed by atoms with Crippen LogP contribution in [0.5, 0.6) is 0 Å². The monoisotopic (exact) mass is 780 g/mol. The van der Waals surface area contributed by atoms with Gasteiger partial charge in [0, 0.05) is 69.7 Å². The van der Waals surface area contributed by atoms with Crippen LogP contribution in [0.3, 0.4) is 0 Å². The van der Waals surface area contributed by atoms with E-state index in [1.165, 1.54) is 0 Å². The number of hydrogen-bond acceptors (Lipinski definition) is 7. The highest BCUT2D eigenvalue weighted by Crippen LogP contribution is 2.34. The normalized spacial score (nSPS) is 20.9. The zero-order chi connectivity index (χ0) is 40.5. The highest BCUT2D eigenvalue weighted by Gasteiger charge is 2.49. The third-order valence-corrected chi connectivity index (χ3v) is 11.7. The van der Waals surface area contributed by atoms with E-state index in [9.17, 15) is 29.7 Å².